The number of hydrogen-bond acceptors (Lipinski definition) is 3. The summed E-state index contributed by atoms with van der Waals surface area (Å²) in [6, 6.07) is 7.03. The molecule has 2 aromatic rings. The molecule has 0 aliphatic heterocycles. The van der Waals surface area contributed by atoms with Crippen LogP contribution >= 0.6 is 0 Å². The summed E-state index contributed by atoms with van der Waals surface area (Å²) in [5, 5.41) is 2.47. The Morgan fingerprint density at radius 1 is 0.958 bits per heavy atom. The molecular weight excluding hydrogens is 338 g/mol. The molecular formula is C15H12F6N2O. The molecule has 0 amide bonds. The van der Waals surface area contributed by atoms with Gasteiger partial charge in [-0.2, -0.15) is 26.3 Å². The van der Waals surface area contributed by atoms with E-state index in [-0.39, 0.29) is 12.6 Å². The number of hydrogen-bond donors (Lipinski definition) is 1. The number of methoxy groups -OCH3 is 1. The van der Waals surface area contributed by atoms with E-state index in [1.165, 1.54) is 7.11 Å². The summed E-state index contributed by atoms with van der Waals surface area (Å²) < 4.78 is 81.3. The lowest BCUT2D eigenvalue weighted by molar-refractivity contribution is -0.145. The number of nitrogens with one attached hydrogen (secondary N) is 1. The minimum Gasteiger partial charge on any atom is -0.497 e. The molecule has 130 valence electrons. The second-order valence-electron chi connectivity index (χ2n) is 4.82. The first kappa shape index (κ1) is 17.9. The lowest BCUT2D eigenvalue weighted by Gasteiger charge is -2.14. The number of pyridine rings is 1. The van der Waals surface area contributed by atoms with Gasteiger partial charge in [-0.25, -0.2) is 4.98 Å². The van der Waals surface area contributed by atoms with E-state index in [9.17, 15) is 26.3 Å². The highest BCUT2D eigenvalue weighted by atomic mass is 19.4. The number of benzene rings is 1. The summed E-state index contributed by atoms with van der Waals surface area (Å²) in [5.74, 6) is 0.0725. The van der Waals surface area contributed by atoms with Crippen LogP contribution < -0.4 is 10.1 Å². The summed E-state index contributed by atoms with van der Waals surface area (Å²) in [6.07, 6.45) is -9.88. The Morgan fingerprint density at radius 3 is 2.08 bits per heavy atom. The first-order valence-corrected chi connectivity index (χ1v) is 6.63. The molecule has 0 unspecified atom stereocenters. The zero-order chi connectivity index (χ0) is 18.0. The van der Waals surface area contributed by atoms with E-state index >= 15 is 0 Å². The summed E-state index contributed by atoms with van der Waals surface area (Å²) in [5.41, 5.74) is -2.37. The van der Waals surface area contributed by atoms with Crippen molar-refractivity contribution in [2.75, 3.05) is 12.4 Å². The third-order valence-electron chi connectivity index (χ3n) is 3.08. The van der Waals surface area contributed by atoms with Gasteiger partial charge in [0.05, 0.1) is 12.7 Å². The number of ether oxygens (including phenoxy) is 1. The molecule has 2 rings (SSSR count). The molecule has 0 aliphatic carbocycles. The summed E-state index contributed by atoms with van der Waals surface area (Å²) >= 11 is 0. The molecule has 3 nitrogen and oxygen atoms in total. The zero-order valence-electron chi connectivity index (χ0n) is 12.3. The summed E-state index contributed by atoms with van der Waals surface area (Å²) in [7, 11) is 1.47. The molecule has 9 heteroatoms. The lowest BCUT2D eigenvalue weighted by Crippen LogP contribution is -2.15. The van der Waals surface area contributed by atoms with Gasteiger partial charge >= 0.3 is 12.4 Å². The van der Waals surface area contributed by atoms with Gasteiger partial charge in [0, 0.05) is 6.54 Å². The number of rotatable bonds is 4. The van der Waals surface area contributed by atoms with E-state index < -0.39 is 29.4 Å². The van der Waals surface area contributed by atoms with Gasteiger partial charge in [0.15, 0.2) is 0 Å². The van der Waals surface area contributed by atoms with Gasteiger partial charge in [-0.05, 0) is 29.8 Å². The van der Waals surface area contributed by atoms with Gasteiger partial charge in [0.25, 0.3) is 0 Å². The fourth-order valence-electron chi connectivity index (χ4n) is 1.87. The van der Waals surface area contributed by atoms with Crippen LogP contribution in [-0.2, 0) is 18.9 Å². The van der Waals surface area contributed by atoms with Crippen LogP contribution in [0.5, 0.6) is 5.75 Å². The predicted octanol–water partition coefficient (Wildman–Crippen LogP) is 4.74. The molecule has 1 aromatic heterocycles. The largest absolute Gasteiger partial charge is 0.497 e. The Bertz CT molecular complexity index is 662. The highest BCUT2D eigenvalue weighted by Gasteiger charge is 2.38. The average Bonchev–Trinajstić information content (AvgIpc) is 2.51. The van der Waals surface area contributed by atoms with Gasteiger partial charge in [0.2, 0.25) is 0 Å². The Kier molecular flexibility index (Phi) is 4.91. The Morgan fingerprint density at radius 2 is 1.58 bits per heavy atom. The Balaban J connectivity index is 2.24. The predicted molar refractivity (Wildman–Crippen MR) is 74.6 cm³/mol. The number of nitrogens with zero attached hydrogens (tertiary/aromatic N) is 1. The average molecular weight is 350 g/mol. The van der Waals surface area contributed by atoms with E-state index in [0.29, 0.717) is 17.4 Å². The maximum absolute atomic E-state index is 12.7. The van der Waals surface area contributed by atoms with Crippen molar-refractivity contribution in [1.29, 1.82) is 0 Å². The SMILES string of the molecule is COc1ccc(CNc2cc(C(F)(F)F)cc(C(F)(F)F)n2)cc1. The first-order valence-electron chi connectivity index (χ1n) is 6.63. The van der Waals surface area contributed by atoms with Gasteiger partial charge < -0.3 is 10.1 Å². The van der Waals surface area contributed by atoms with Gasteiger partial charge in [-0.1, -0.05) is 12.1 Å². The second kappa shape index (κ2) is 6.58. The van der Waals surface area contributed by atoms with Crippen molar-refractivity contribution in [3.05, 3.63) is 53.2 Å². The van der Waals surface area contributed by atoms with Gasteiger partial charge in [0.1, 0.15) is 17.3 Å². The van der Waals surface area contributed by atoms with E-state index in [2.05, 4.69) is 10.3 Å². The second-order valence-corrected chi connectivity index (χ2v) is 4.82. The third kappa shape index (κ3) is 4.53. The van der Waals surface area contributed by atoms with Crippen LogP contribution in [0.4, 0.5) is 32.2 Å². The van der Waals surface area contributed by atoms with Gasteiger partial charge in [-0.15, -0.1) is 0 Å². The van der Waals surface area contributed by atoms with Crippen LogP contribution in [0.2, 0.25) is 0 Å². The smallest absolute Gasteiger partial charge is 0.433 e. The summed E-state index contributed by atoms with van der Waals surface area (Å²) in [6.45, 7) is 0.00953. The summed E-state index contributed by atoms with van der Waals surface area (Å²) in [4.78, 5) is 3.21. The number of halogens is 6. The molecule has 24 heavy (non-hydrogen) atoms. The van der Waals surface area contributed by atoms with Crippen molar-refractivity contribution in [3.8, 4) is 5.75 Å². The molecule has 1 aromatic carbocycles. The normalized spacial score (nSPS) is 12.1. The van der Waals surface area contributed by atoms with Crippen molar-refractivity contribution < 1.29 is 31.1 Å². The molecule has 0 saturated heterocycles. The maximum Gasteiger partial charge on any atom is 0.433 e. The monoisotopic (exact) mass is 350 g/mol. The first-order chi connectivity index (χ1) is 11.1. The number of aromatic nitrogens is 1. The molecule has 1 heterocycles. The number of alkyl halides is 6. The standard InChI is InChI=1S/C15H12F6N2O/c1-24-11-4-2-9(3-5-11)8-22-13-7-10(14(16,17)18)6-12(23-13)15(19,20)21/h2-7H,8H2,1H3,(H,22,23). The van der Waals surface area contributed by atoms with Gasteiger partial charge in [-0.3, -0.25) is 0 Å². The molecule has 0 spiro atoms. The molecule has 0 fully saturated rings. The lowest BCUT2D eigenvalue weighted by atomic mass is 10.2. The molecule has 0 radical (unpaired) electrons. The third-order valence-corrected chi connectivity index (χ3v) is 3.08. The van der Waals surface area contributed by atoms with Crippen molar-refractivity contribution in [1.82, 2.24) is 4.98 Å². The van der Waals surface area contributed by atoms with Crippen LogP contribution in [0.25, 0.3) is 0 Å². The fraction of sp³-hybridized carbons (Fsp3) is 0.267. The van der Waals surface area contributed by atoms with Crippen molar-refractivity contribution in [2.45, 2.75) is 18.9 Å². The van der Waals surface area contributed by atoms with Crippen LogP contribution in [0, 0.1) is 0 Å². The van der Waals surface area contributed by atoms with Crippen LogP contribution in [-0.4, -0.2) is 12.1 Å². The van der Waals surface area contributed by atoms with E-state index in [4.69, 9.17) is 4.74 Å². The zero-order valence-corrected chi connectivity index (χ0v) is 12.3. The molecule has 0 saturated carbocycles. The minimum absolute atomic E-state index is 0.00953. The quantitative estimate of drug-likeness (QED) is 0.809. The highest BCUT2D eigenvalue weighted by molar-refractivity contribution is 5.42. The van der Waals surface area contributed by atoms with Crippen LogP contribution in [0.15, 0.2) is 36.4 Å². The van der Waals surface area contributed by atoms with Crippen molar-refractivity contribution in [3.63, 3.8) is 0 Å². The molecule has 1 N–H and O–H groups in total. The molecule has 0 atom stereocenters. The maximum atomic E-state index is 12.7. The van der Waals surface area contributed by atoms with Crippen LogP contribution in [0.1, 0.15) is 16.8 Å². The fourth-order valence-corrected chi connectivity index (χ4v) is 1.87. The van der Waals surface area contributed by atoms with Crippen molar-refractivity contribution >= 4 is 5.82 Å². The Hall–Kier alpha value is -2.45. The van der Waals surface area contributed by atoms with E-state index in [0.717, 1.165) is 0 Å². The van der Waals surface area contributed by atoms with E-state index in [1.807, 2.05) is 0 Å². The molecule has 0 bridgehead atoms. The van der Waals surface area contributed by atoms with E-state index in [1.54, 1.807) is 24.3 Å². The van der Waals surface area contributed by atoms with Crippen LogP contribution in [0.3, 0.4) is 0 Å². The topological polar surface area (TPSA) is 34.1 Å². The number of anilines is 1. The highest BCUT2D eigenvalue weighted by Crippen LogP contribution is 2.35. The minimum atomic E-state index is -4.97. The Labute approximate surface area is 133 Å². The van der Waals surface area contributed by atoms with Crippen molar-refractivity contribution in [2.24, 2.45) is 0 Å². The molecule has 0 aliphatic rings.